The van der Waals surface area contributed by atoms with Gasteiger partial charge in [0.25, 0.3) is 0 Å². The minimum atomic E-state index is 0.401. The first-order valence-corrected chi connectivity index (χ1v) is 6.91. The lowest BCUT2D eigenvalue weighted by molar-refractivity contribution is 0.385. The van der Waals surface area contributed by atoms with Crippen LogP contribution in [0.3, 0.4) is 0 Å². The molecule has 0 aliphatic heterocycles. The molecule has 1 aromatic carbocycles. The van der Waals surface area contributed by atoms with Gasteiger partial charge in [-0.05, 0) is 37.3 Å². The summed E-state index contributed by atoms with van der Waals surface area (Å²) < 4.78 is 0. The van der Waals surface area contributed by atoms with E-state index in [0.717, 1.165) is 5.92 Å². The Hall–Kier alpha value is -1.41. The predicted molar refractivity (Wildman–Crippen MR) is 75.5 cm³/mol. The fraction of sp³-hybridized carbons (Fsp3) is 0.438. The smallest absolute Gasteiger partial charge is 0.0654 e. The van der Waals surface area contributed by atoms with Gasteiger partial charge >= 0.3 is 0 Å². The van der Waals surface area contributed by atoms with Gasteiger partial charge in [-0.15, -0.1) is 0 Å². The van der Waals surface area contributed by atoms with Gasteiger partial charge < -0.3 is 5.32 Å². The first kappa shape index (κ1) is 11.7. The Balaban J connectivity index is 2.06. The lowest BCUT2D eigenvalue weighted by atomic mass is 9.92. The third kappa shape index (κ3) is 2.01. The van der Waals surface area contributed by atoms with Crippen molar-refractivity contribution in [3.05, 3.63) is 42.2 Å². The molecular weight excluding hydrogens is 220 g/mol. The van der Waals surface area contributed by atoms with Crippen LogP contribution in [-0.2, 0) is 0 Å². The minimum Gasteiger partial charge on any atom is -0.311 e. The first-order chi connectivity index (χ1) is 8.90. The van der Waals surface area contributed by atoms with Crippen LogP contribution in [0.2, 0.25) is 0 Å². The Morgan fingerprint density at radius 3 is 2.72 bits per heavy atom. The van der Waals surface area contributed by atoms with Crippen molar-refractivity contribution >= 4 is 10.8 Å². The van der Waals surface area contributed by atoms with Crippen LogP contribution in [-0.4, -0.2) is 12.0 Å². The van der Waals surface area contributed by atoms with Crippen LogP contribution >= 0.6 is 0 Å². The summed E-state index contributed by atoms with van der Waals surface area (Å²) in [6, 6.07) is 11.1. The summed E-state index contributed by atoms with van der Waals surface area (Å²) in [7, 11) is 2.06. The lowest BCUT2D eigenvalue weighted by Crippen LogP contribution is -2.24. The van der Waals surface area contributed by atoms with Crippen molar-refractivity contribution in [3.63, 3.8) is 0 Å². The molecule has 0 saturated heterocycles. The van der Waals surface area contributed by atoms with E-state index >= 15 is 0 Å². The molecule has 18 heavy (non-hydrogen) atoms. The Kier molecular flexibility index (Phi) is 3.28. The molecule has 1 unspecified atom stereocenters. The molecule has 1 saturated carbocycles. The molecule has 1 fully saturated rings. The number of benzene rings is 1. The van der Waals surface area contributed by atoms with E-state index in [0.29, 0.717) is 6.04 Å². The summed E-state index contributed by atoms with van der Waals surface area (Å²) in [5, 5.41) is 6.08. The van der Waals surface area contributed by atoms with Gasteiger partial charge in [-0.25, -0.2) is 0 Å². The highest BCUT2D eigenvalue weighted by atomic mass is 14.9. The Morgan fingerprint density at radius 1 is 1.17 bits per heavy atom. The van der Waals surface area contributed by atoms with Crippen LogP contribution < -0.4 is 5.32 Å². The number of pyridine rings is 1. The van der Waals surface area contributed by atoms with E-state index in [1.54, 1.807) is 0 Å². The molecule has 0 spiro atoms. The topological polar surface area (TPSA) is 24.9 Å². The van der Waals surface area contributed by atoms with E-state index in [1.807, 2.05) is 6.20 Å². The van der Waals surface area contributed by atoms with Crippen LogP contribution in [0.4, 0.5) is 0 Å². The highest BCUT2D eigenvalue weighted by Gasteiger charge is 2.27. The molecule has 94 valence electrons. The zero-order valence-electron chi connectivity index (χ0n) is 10.9. The fourth-order valence-electron chi connectivity index (χ4n) is 3.28. The summed E-state index contributed by atoms with van der Waals surface area (Å²) in [5.41, 5.74) is 1.22. The van der Waals surface area contributed by atoms with Crippen molar-refractivity contribution in [3.8, 4) is 0 Å². The number of aromatic nitrogens is 1. The summed E-state index contributed by atoms with van der Waals surface area (Å²) in [6.45, 7) is 0. The van der Waals surface area contributed by atoms with Crippen molar-refractivity contribution < 1.29 is 0 Å². The van der Waals surface area contributed by atoms with E-state index in [9.17, 15) is 0 Å². The Labute approximate surface area is 108 Å². The molecule has 0 bridgehead atoms. The van der Waals surface area contributed by atoms with E-state index in [4.69, 9.17) is 0 Å². The van der Waals surface area contributed by atoms with Crippen LogP contribution in [0.5, 0.6) is 0 Å². The molecule has 1 aliphatic rings. The molecule has 1 aliphatic carbocycles. The maximum atomic E-state index is 4.66. The summed E-state index contributed by atoms with van der Waals surface area (Å²) >= 11 is 0. The van der Waals surface area contributed by atoms with Gasteiger partial charge in [-0.3, -0.25) is 4.98 Å². The van der Waals surface area contributed by atoms with Gasteiger partial charge in [-0.1, -0.05) is 37.1 Å². The fourth-order valence-corrected chi connectivity index (χ4v) is 3.28. The summed E-state index contributed by atoms with van der Waals surface area (Å²) in [5.74, 6) is 0.744. The predicted octanol–water partition coefficient (Wildman–Crippen LogP) is 3.69. The first-order valence-electron chi connectivity index (χ1n) is 6.91. The average molecular weight is 240 g/mol. The van der Waals surface area contributed by atoms with E-state index in [-0.39, 0.29) is 0 Å². The maximum Gasteiger partial charge on any atom is 0.0654 e. The van der Waals surface area contributed by atoms with Crippen LogP contribution in [0.15, 0.2) is 36.5 Å². The van der Waals surface area contributed by atoms with E-state index in [1.165, 1.54) is 42.1 Å². The van der Waals surface area contributed by atoms with E-state index < -0.39 is 0 Å². The van der Waals surface area contributed by atoms with Crippen LogP contribution in [0.25, 0.3) is 10.8 Å². The zero-order valence-corrected chi connectivity index (χ0v) is 10.9. The molecule has 1 heterocycles. The van der Waals surface area contributed by atoms with Crippen molar-refractivity contribution in [1.29, 1.82) is 0 Å². The molecule has 0 radical (unpaired) electrons. The SMILES string of the molecule is CNC(c1nccc2ccccc12)C1CCCC1. The van der Waals surface area contributed by atoms with Crippen molar-refractivity contribution in [2.45, 2.75) is 31.7 Å². The summed E-state index contributed by atoms with van der Waals surface area (Å²) in [6.07, 6.45) is 7.34. The van der Waals surface area contributed by atoms with Crippen molar-refractivity contribution in [2.24, 2.45) is 5.92 Å². The molecule has 2 aromatic rings. The van der Waals surface area contributed by atoms with Crippen molar-refractivity contribution in [2.75, 3.05) is 7.05 Å². The normalized spacial score (nSPS) is 18.3. The van der Waals surface area contributed by atoms with Gasteiger partial charge in [0.1, 0.15) is 0 Å². The maximum absolute atomic E-state index is 4.66. The number of hydrogen-bond acceptors (Lipinski definition) is 2. The number of fused-ring (bicyclic) bond motifs is 1. The molecule has 0 amide bonds. The van der Waals surface area contributed by atoms with Crippen LogP contribution in [0.1, 0.15) is 37.4 Å². The second-order valence-corrected chi connectivity index (χ2v) is 5.23. The molecule has 2 heteroatoms. The van der Waals surface area contributed by atoms with Gasteiger partial charge in [0.15, 0.2) is 0 Å². The van der Waals surface area contributed by atoms with Crippen molar-refractivity contribution in [1.82, 2.24) is 10.3 Å². The Morgan fingerprint density at radius 2 is 1.94 bits per heavy atom. The number of rotatable bonds is 3. The van der Waals surface area contributed by atoms with Gasteiger partial charge in [0.2, 0.25) is 0 Å². The molecule has 1 atom stereocenters. The number of hydrogen-bond donors (Lipinski definition) is 1. The van der Waals surface area contributed by atoms with Gasteiger partial charge in [0.05, 0.1) is 11.7 Å². The molecule has 3 rings (SSSR count). The number of nitrogens with one attached hydrogen (secondary N) is 1. The third-order valence-corrected chi connectivity index (χ3v) is 4.18. The highest BCUT2D eigenvalue weighted by molar-refractivity contribution is 5.84. The quantitative estimate of drug-likeness (QED) is 0.885. The number of nitrogens with zero attached hydrogens (tertiary/aromatic N) is 1. The lowest BCUT2D eigenvalue weighted by Gasteiger charge is -2.23. The average Bonchev–Trinajstić information content (AvgIpc) is 2.94. The largest absolute Gasteiger partial charge is 0.311 e. The zero-order chi connectivity index (χ0) is 12.4. The second kappa shape index (κ2) is 5.07. The minimum absolute atomic E-state index is 0.401. The molecule has 2 nitrogen and oxygen atoms in total. The second-order valence-electron chi connectivity index (χ2n) is 5.23. The molecule has 1 aromatic heterocycles. The molecule has 1 N–H and O–H groups in total. The highest BCUT2D eigenvalue weighted by Crippen LogP contribution is 2.36. The van der Waals surface area contributed by atoms with E-state index in [2.05, 4.69) is 47.7 Å². The summed E-state index contributed by atoms with van der Waals surface area (Å²) in [4.78, 5) is 4.66. The molecular formula is C16H20N2. The Bertz CT molecular complexity index is 524. The third-order valence-electron chi connectivity index (χ3n) is 4.18. The monoisotopic (exact) mass is 240 g/mol. The standard InChI is InChI=1S/C16H20N2/c1-17-15(13-7-2-3-8-13)16-14-9-5-4-6-12(14)10-11-18-16/h4-6,9-11,13,15,17H,2-3,7-8H2,1H3. The van der Waals surface area contributed by atoms with Gasteiger partial charge in [-0.2, -0.15) is 0 Å². The van der Waals surface area contributed by atoms with Gasteiger partial charge in [0, 0.05) is 11.6 Å². The van der Waals surface area contributed by atoms with Crippen LogP contribution in [0, 0.1) is 5.92 Å².